The predicted molar refractivity (Wildman–Crippen MR) is 200 cm³/mol. The Balaban J connectivity index is 0.000000157. The van der Waals surface area contributed by atoms with Gasteiger partial charge in [-0.2, -0.15) is 0 Å². The van der Waals surface area contributed by atoms with Crippen LogP contribution in [0.4, 0.5) is 11.4 Å². The van der Waals surface area contributed by atoms with Gasteiger partial charge in [-0.1, -0.05) is 43.3 Å². The lowest BCUT2D eigenvalue weighted by Crippen LogP contribution is -2.38. The summed E-state index contributed by atoms with van der Waals surface area (Å²) in [5.41, 5.74) is 4.72. The van der Waals surface area contributed by atoms with Crippen molar-refractivity contribution in [1.82, 2.24) is 10.6 Å². The zero-order valence-corrected chi connectivity index (χ0v) is 30.9. The van der Waals surface area contributed by atoms with E-state index in [0.717, 1.165) is 38.9 Å². The molecule has 10 heteroatoms. The summed E-state index contributed by atoms with van der Waals surface area (Å²) in [5.74, 6) is 1.30. The third-order valence-electron chi connectivity index (χ3n) is 11.3. The molecule has 0 aromatic heterocycles. The van der Waals surface area contributed by atoms with Crippen LogP contribution in [0.25, 0.3) is 0 Å². The van der Waals surface area contributed by atoms with Crippen LogP contribution in [0.15, 0.2) is 117 Å². The van der Waals surface area contributed by atoms with Crippen molar-refractivity contribution in [3.8, 4) is 0 Å². The number of sulfone groups is 2. The van der Waals surface area contributed by atoms with Gasteiger partial charge >= 0.3 is 0 Å². The van der Waals surface area contributed by atoms with Crippen LogP contribution in [0.1, 0.15) is 56.1 Å². The molecule has 2 N–H and O–H groups in total. The molecule has 0 amide bonds. The van der Waals surface area contributed by atoms with Crippen LogP contribution in [-0.4, -0.2) is 68.7 Å². The minimum Gasteiger partial charge on any atom is -0.371 e. The summed E-state index contributed by atoms with van der Waals surface area (Å²) in [4.78, 5) is 6.19. The zero-order chi connectivity index (χ0) is 35.2. The third-order valence-corrected chi connectivity index (χ3v) is 14.9. The maximum Gasteiger partial charge on any atom is 0.206 e. The largest absolute Gasteiger partial charge is 0.371 e. The molecule has 4 heterocycles. The SMILES string of the molecule is CC1CNCC[C@H]2c3cc(S(=O)(=O)c4ccccc4)ccc3N(C)[C@@H]12.CC1C[C@@H]2[C@@H](CCN1)c1cc(S(=O)(=O)c3ccccc3)ccc1N2C. The van der Waals surface area contributed by atoms with Gasteiger partial charge in [0.1, 0.15) is 0 Å². The first-order chi connectivity index (χ1) is 24.0. The van der Waals surface area contributed by atoms with E-state index < -0.39 is 19.7 Å². The second kappa shape index (κ2) is 13.8. The van der Waals surface area contributed by atoms with Crippen LogP contribution in [-0.2, 0) is 19.7 Å². The summed E-state index contributed by atoms with van der Waals surface area (Å²) < 4.78 is 51.9. The van der Waals surface area contributed by atoms with Crippen molar-refractivity contribution in [3.05, 3.63) is 108 Å². The van der Waals surface area contributed by atoms with Crippen LogP contribution in [0.5, 0.6) is 0 Å². The monoisotopic (exact) mass is 712 g/mol. The number of hydrogen-bond donors (Lipinski definition) is 2. The fourth-order valence-corrected chi connectivity index (χ4v) is 11.4. The molecule has 0 spiro atoms. The van der Waals surface area contributed by atoms with E-state index >= 15 is 0 Å². The fraction of sp³-hybridized carbons (Fsp3) is 0.400. The predicted octanol–water partition coefficient (Wildman–Crippen LogP) is 6.24. The maximum absolute atomic E-state index is 13.0. The number of anilines is 2. The molecule has 0 bridgehead atoms. The molecule has 8 rings (SSSR count). The van der Waals surface area contributed by atoms with Gasteiger partial charge in [-0.3, -0.25) is 0 Å². The summed E-state index contributed by atoms with van der Waals surface area (Å²) in [6.07, 6.45) is 3.17. The second-order valence-corrected chi connectivity index (χ2v) is 18.3. The second-order valence-electron chi connectivity index (χ2n) is 14.4. The molecule has 4 aromatic carbocycles. The van der Waals surface area contributed by atoms with Gasteiger partial charge in [-0.15, -0.1) is 0 Å². The number of likely N-dealkylation sites (N-methyl/N-ethyl adjacent to an activating group) is 2. The maximum atomic E-state index is 13.0. The Kier molecular flexibility index (Phi) is 9.58. The average Bonchev–Trinajstić information content (AvgIpc) is 3.33. The number of nitrogens with zero attached hydrogens (tertiary/aromatic N) is 2. The van der Waals surface area contributed by atoms with Crippen molar-refractivity contribution < 1.29 is 16.8 Å². The highest BCUT2D eigenvalue weighted by Crippen LogP contribution is 2.47. The molecule has 0 radical (unpaired) electrons. The first-order valence-corrected chi connectivity index (χ1v) is 20.7. The number of hydrogen-bond acceptors (Lipinski definition) is 8. The summed E-state index contributed by atoms with van der Waals surface area (Å²) in [7, 11) is -2.68. The van der Waals surface area contributed by atoms with Crippen LogP contribution >= 0.6 is 0 Å². The van der Waals surface area contributed by atoms with Crippen molar-refractivity contribution in [1.29, 1.82) is 0 Å². The number of rotatable bonds is 4. The van der Waals surface area contributed by atoms with Crippen molar-refractivity contribution in [3.63, 3.8) is 0 Å². The standard InChI is InChI=1S/2C20H24N2O2S/c1-14-13-21-11-10-17-18-12-16(8-9-19(18)22(2)20(14)17)25(23,24)15-6-4-3-5-7-15;1-14-12-20-17(10-11-21-14)18-13-16(8-9-19(18)22(20)2)25(23,24)15-6-4-3-5-7-15/h3-9,12,14,17,20-21H,10-11,13H2,1-2H3;3-9,13-14,17,20-21H,10-12H2,1-2H3/t14?,17-,20-;14?,17-,20+/m00/s1. The number of benzene rings is 4. The highest BCUT2D eigenvalue weighted by atomic mass is 32.2. The van der Waals surface area contributed by atoms with Gasteiger partial charge in [0.05, 0.1) is 19.6 Å². The first-order valence-electron chi connectivity index (χ1n) is 17.8. The topological polar surface area (TPSA) is 98.8 Å². The first kappa shape index (κ1) is 34.7. The molecule has 8 nitrogen and oxygen atoms in total. The quantitative estimate of drug-likeness (QED) is 0.257. The van der Waals surface area contributed by atoms with Gasteiger partial charge in [-0.25, -0.2) is 16.8 Å². The van der Waals surface area contributed by atoms with E-state index in [1.54, 1.807) is 60.7 Å². The van der Waals surface area contributed by atoms with Gasteiger partial charge in [0, 0.05) is 55.4 Å². The average molecular weight is 713 g/mol. The van der Waals surface area contributed by atoms with E-state index in [1.807, 2.05) is 36.4 Å². The molecule has 2 fully saturated rings. The van der Waals surface area contributed by atoms with Crippen LogP contribution < -0.4 is 20.4 Å². The molecule has 264 valence electrons. The Morgan fingerprint density at radius 2 is 1.14 bits per heavy atom. The van der Waals surface area contributed by atoms with E-state index in [9.17, 15) is 16.8 Å². The Morgan fingerprint density at radius 3 is 1.72 bits per heavy atom. The Labute approximate surface area is 297 Å². The van der Waals surface area contributed by atoms with Gasteiger partial charge in [0.25, 0.3) is 0 Å². The molecule has 0 saturated carbocycles. The molecule has 6 atom stereocenters. The lowest BCUT2D eigenvalue weighted by Gasteiger charge is -2.30. The highest BCUT2D eigenvalue weighted by molar-refractivity contribution is 7.91. The minimum absolute atomic E-state index is 0.355. The molecule has 4 aliphatic rings. The van der Waals surface area contributed by atoms with Crippen LogP contribution in [0, 0.1) is 5.92 Å². The van der Waals surface area contributed by atoms with Crippen molar-refractivity contribution in [2.45, 2.75) is 82.7 Å². The van der Waals surface area contributed by atoms with E-state index in [1.165, 1.54) is 22.5 Å². The van der Waals surface area contributed by atoms with Gasteiger partial charge in [0.2, 0.25) is 19.7 Å². The molecule has 2 unspecified atom stereocenters. The van der Waals surface area contributed by atoms with Gasteiger partial charge < -0.3 is 20.4 Å². The molecule has 0 aliphatic carbocycles. The molecular formula is C40H48N4O4S2. The van der Waals surface area contributed by atoms with E-state index in [4.69, 9.17) is 0 Å². The zero-order valence-electron chi connectivity index (χ0n) is 29.3. The smallest absolute Gasteiger partial charge is 0.206 e. The summed E-state index contributed by atoms with van der Waals surface area (Å²) >= 11 is 0. The van der Waals surface area contributed by atoms with Crippen molar-refractivity contribution in [2.75, 3.05) is 43.5 Å². The normalized spacial score (nSPS) is 26.0. The molecular weight excluding hydrogens is 665 g/mol. The minimum atomic E-state index is -3.47. The Bertz CT molecular complexity index is 2060. The lowest BCUT2D eigenvalue weighted by molar-refractivity contribution is 0.417. The number of fused-ring (bicyclic) bond motifs is 6. The third kappa shape index (κ3) is 6.25. The highest BCUT2D eigenvalue weighted by Gasteiger charge is 2.41. The molecule has 4 aliphatic heterocycles. The van der Waals surface area contributed by atoms with Gasteiger partial charge in [-0.05, 0) is 124 Å². The summed E-state index contributed by atoms with van der Waals surface area (Å²) in [6, 6.07) is 30.0. The van der Waals surface area contributed by atoms with E-state index in [0.29, 0.717) is 55.5 Å². The van der Waals surface area contributed by atoms with Gasteiger partial charge in [0.15, 0.2) is 0 Å². The summed E-state index contributed by atoms with van der Waals surface area (Å²) in [5, 5.41) is 7.05. The Morgan fingerprint density at radius 1 is 0.620 bits per heavy atom. The van der Waals surface area contributed by atoms with Crippen LogP contribution in [0.3, 0.4) is 0 Å². The van der Waals surface area contributed by atoms with E-state index in [2.05, 4.69) is 48.4 Å². The molecule has 2 saturated heterocycles. The van der Waals surface area contributed by atoms with E-state index in [-0.39, 0.29) is 0 Å². The van der Waals surface area contributed by atoms with Crippen LogP contribution in [0.2, 0.25) is 0 Å². The fourth-order valence-electron chi connectivity index (χ4n) is 8.79. The number of nitrogens with one attached hydrogen (secondary N) is 2. The Hall–Kier alpha value is -3.70. The molecule has 4 aromatic rings. The van der Waals surface area contributed by atoms with Crippen molar-refractivity contribution >= 4 is 31.0 Å². The summed E-state index contributed by atoms with van der Waals surface area (Å²) in [6.45, 7) is 7.47. The van der Waals surface area contributed by atoms with Crippen molar-refractivity contribution in [2.24, 2.45) is 5.92 Å². The lowest BCUT2D eigenvalue weighted by atomic mass is 9.86. The molecule has 50 heavy (non-hydrogen) atoms.